The zero-order valence-corrected chi connectivity index (χ0v) is 11.6. The molecule has 1 aromatic carbocycles. The summed E-state index contributed by atoms with van der Waals surface area (Å²) in [6.07, 6.45) is 5.82. The van der Waals surface area contributed by atoms with Gasteiger partial charge >= 0.3 is 0 Å². The van der Waals surface area contributed by atoms with Crippen molar-refractivity contribution in [3.05, 3.63) is 42.4 Å². The number of pyridine rings is 1. The average Bonchev–Trinajstić information content (AvgIpc) is 3.16. The van der Waals surface area contributed by atoms with Crippen LogP contribution in [0.25, 0.3) is 22.4 Å². The largest absolute Gasteiger partial charge is 0.332 e. The van der Waals surface area contributed by atoms with Crippen LogP contribution in [0.1, 0.15) is 31.5 Å². The molecule has 21 heavy (non-hydrogen) atoms. The van der Waals surface area contributed by atoms with Gasteiger partial charge in [-0.15, -0.1) is 0 Å². The van der Waals surface area contributed by atoms with E-state index in [1.807, 2.05) is 30.3 Å². The van der Waals surface area contributed by atoms with Crippen molar-refractivity contribution >= 4 is 10.8 Å². The fourth-order valence-electron chi connectivity index (χ4n) is 3.04. The number of benzene rings is 1. The van der Waals surface area contributed by atoms with Crippen LogP contribution in [0, 0.1) is 0 Å². The highest BCUT2D eigenvalue weighted by Gasteiger charge is 2.36. The Hall–Kier alpha value is -2.27. The average molecular weight is 280 g/mol. The van der Waals surface area contributed by atoms with Crippen molar-refractivity contribution in [3.63, 3.8) is 0 Å². The van der Waals surface area contributed by atoms with E-state index >= 15 is 0 Å². The number of aromatic nitrogens is 3. The second kappa shape index (κ2) is 4.63. The second-order valence-electron chi connectivity index (χ2n) is 5.67. The molecule has 1 fully saturated rings. The van der Waals surface area contributed by atoms with Crippen molar-refractivity contribution in [1.29, 1.82) is 0 Å². The van der Waals surface area contributed by atoms with E-state index in [1.54, 1.807) is 6.20 Å². The highest BCUT2D eigenvalue weighted by molar-refractivity contribution is 5.92. The van der Waals surface area contributed by atoms with Gasteiger partial charge in [-0.1, -0.05) is 42.3 Å². The molecule has 0 atom stereocenters. The molecule has 106 valence electrons. The van der Waals surface area contributed by atoms with Crippen LogP contribution in [0.5, 0.6) is 0 Å². The summed E-state index contributed by atoms with van der Waals surface area (Å²) in [5.74, 6) is 1.04. The van der Waals surface area contributed by atoms with Gasteiger partial charge in [-0.25, -0.2) is 0 Å². The van der Waals surface area contributed by atoms with Crippen LogP contribution in [0.15, 0.2) is 41.1 Å². The van der Waals surface area contributed by atoms with Crippen LogP contribution in [0.3, 0.4) is 0 Å². The van der Waals surface area contributed by atoms with E-state index in [0.29, 0.717) is 17.4 Å². The molecule has 2 aromatic heterocycles. The maximum absolute atomic E-state index is 6.38. The summed E-state index contributed by atoms with van der Waals surface area (Å²) < 4.78 is 5.43. The first-order valence-electron chi connectivity index (χ1n) is 7.23. The Bertz CT molecular complexity index is 784. The van der Waals surface area contributed by atoms with Gasteiger partial charge in [0.25, 0.3) is 5.89 Å². The van der Waals surface area contributed by atoms with Crippen LogP contribution < -0.4 is 5.73 Å². The molecule has 5 heteroatoms. The molecule has 1 saturated carbocycles. The molecule has 0 saturated heterocycles. The first kappa shape index (κ1) is 12.5. The molecule has 0 bridgehead atoms. The lowest BCUT2D eigenvalue weighted by atomic mass is 9.99. The predicted molar refractivity (Wildman–Crippen MR) is 79.4 cm³/mol. The molecule has 4 rings (SSSR count). The fourth-order valence-corrected chi connectivity index (χ4v) is 3.04. The van der Waals surface area contributed by atoms with Crippen LogP contribution >= 0.6 is 0 Å². The maximum Gasteiger partial charge on any atom is 0.277 e. The first-order valence-corrected chi connectivity index (χ1v) is 7.23. The molecule has 0 unspecified atom stereocenters. The third-order valence-electron chi connectivity index (χ3n) is 4.24. The Labute approximate surface area is 122 Å². The smallest absolute Gasteiger partial charge is 0.277 e. The van der Waals surface area contributed by atoms with E-state index in [2.05, 4.69) is 15.1 Å². The van der Waals surface area contributed by atoms with Crippen molar-refractivity contribution < 1.29 is 4.52 Å². The minimum atomic E-state index is -0.438. The molecule has 0 aliphatic heterocycles. The Kier molecular flexibility index (Phi) is 2.75. The van der Waals surface area contributed by atoms with Gasteiger partial charge in [0.15, 0.2) is 5.82 Å². The van der Waals surface area contributed by atoms with Crippen molar-refractivity contribution in [3.8, 4) is 11.6 Å². The van der Waals surface area contributed by atoms with Gasteiger partial charge in [0.1, 0.15) is 5.69 Å². The summed E-state index contributed by atoms with van der Waals surface area (Å²) in [6, 6.07) is 10.00. The number of fused-ring (bicyclic) bond motifs is 1. The number of hydrogen-bond donors (Lipinski definition) is 1. The maximum atomic E-state index is 6.38. The summed E-state index contributed by atoms with van der Waals surface area (Å²) in [5.41, 5.74) is 6.66. The van der Waals surface area contributed by atoms with Crippen molar-refractivity contribution in [2.45, 2.75) is 31.2 Å². The standard InChI is InChI=1S/C16H16N4O/c17-16(8-3-4-9-16)15-19-14(21-20-15)13-12-6-2-1-5-11(12)7-10-18-13/h1-2,5-7,10H,3-4,8-9,17H2. The van der Waals surface area contributed by atoms with Crippen molar-refractivity contribution in [2.24, 2.45) is 5.73 Å². The number of hydrogen-bond acceptors (Lipinski definition) is 5. The topological polar surface area (TPSA) is 77.8 Å². The molecule has 2 heterocycles. The Balaban J connectivity index is 1.81. The summed E-state index contributed by atoms with van der Waals surface area (Å²) in [5, 5.41) is 6.21. The highest BCUT2D eigenvalue weighted by Crippen LogP contribution is 2.35. The molecule has 0 spiro atoms. The van der Waals surface area contributed by atoms with Gasteiger partial charge in [-0.3, -0.25) is 4.98 Å². The SMILES string of the molecule is NC1(c2noc(-c3nccc4ccccc34)n2)CCCC1. The quantitative estimate of drug-likeness (QED) is 0.780. The molecular weight excluding hydrogens is 264 g/mol. The lowest BCUT2D eigenvalue weighted by Crippen LogP contribution is -2.34. The minimum absolute atomic E-state index is 0.438. The van der Waals surface area contributed by atoms with E-state index in [-0.39, 0.29) is 0 Å². The molecular formula is C16H16N4O. The molecule has 2 N–H and O–H groups in total. The highest BCUT2D eigenvalue weighted by atomic mass is 16.5. The number of rotatable bonds is 2. The van der Waals surface area contributed by atoms with Gasteiger partial charge in [0, 0.05) is 11.6 Å². The van der Waals surface area contributed by atoms with Gasteiger partial charge in [-0.05, 0) is 24.3 Å². The summed E-state index contributed by atoms with van der Waals surface area (Å²) >= 11 is 0. The first-order chi connectivity index (χ1) is 10.3. The Morgan fingerprint density at radius 1 is 1.10 bits per heavy atom. The van der Waals surface area contributed by atoms with Gasteiger partial charge < -0.3 is 10.3 Å². The summed E-state index contributed by atoms with van der Waals surface area (Å²) in [7, 11) is 0. The predicted octanol–water partition coefficient (Wildman–Crippen LogP) is 3.01. The van der Waals surface area contributed by atoms with Gasteiger partial charge in [-0.2, -0.15) is 4.98 Å². The van der Waals surface area contributed by atoms with Gasteiger partial charge in [0.05, 0.1) is 5.54 Å². The number of nitrogens with zero attached hydrogens (tertiary/aromatic N) is 3. The molecule has 3 aromatic rings. The van der Waals surface area contributed by atoms with E-state index in [1.165, 1.54) is 0 Å². The third-order valence-corrected chi connectivity index (χ3v) is 4.24. The molecule has 1 aliphatic rings. The van der Waals surface area contributed by atoms with E-state index in [4.69, 9.17) is 10.3 Å². The van der Waals surface area contributed by atoms with Crippen LogP contribution in [0.4, 0.5) is 0 Å². The summed E-state index contributed by atoms with van der Waals surface area (Å²) in [6.45, 7) is 0. The Morgan fingerprint density at radius 2 is 1.90 bits per heavy atom. The van der Waals surface area contributed by atoms with Crippen LogP contribution in [-0.2, 0) is 5.54 Å². The third kappa shape index (κ3) is 2.01. The lowest BCUT2D eigenvalue weighted by molar-refractivity contribution is 0.372. The van der Waals surface area contributed by atoms with E-state index in [0.717, 1.165) is 36.5 Å². The zero-order valence-electron chi connectivity index (χ0n) is 11.6. The van der Waals surface area contributed by atoms with Crippen molar-refractivity contribution in [2.75, 3.05) is 0 Å². The zero-order chi connectivity index (χ0) is 14.3. The molecule has 1 aliphatic carbocycles. The Morgan fingerprint density at radius 3 is 2.76 bits per heavy atom. The number of nitrogens with two attached hydrogens (primary N) is 1. The van der Waals surface area contributed by atoms with Crippen LogP contribution in [-0.4, -0.2) is 15.1 Å². The van der Waals surface area contributed by atoms with Gasteiger partial charge in [0.2, 0.25) is 0 Å². The molecule has 5 nitrogen and oxygen atoms in total. The fraction of sp³-hybridized carbons (Fsp3) is 0.312. The van der Waals surface area contributed by atoms with Crippen LogP contribution in [0.2, 0.25) is 0 Å². The van der Waals surface area contributed by atoms with Crippen molar-refractivity contribution in [1.82, 2.24) is 15.1 Å². The molecule has 0 radical (unpaired) electrons. The monoisotopic (exact) mass is 280 g/mol. The second-order valence-corrected chi connectivity index (χ2v) is 5.67. The summed E-state index contributed by atoms with van der Waals surface area (Å²) in [4.78, 5) is 8.92. The molecule has 0 amide bonds. The normalized spacial score (nSPS) is 17.4. The van der Waals surface area contributed by atoms with E-state index < -0.39 is 5.54 Å². The lowest BCUT2D eigenvalue weighted by Gasteiger charge is -2.17. The van der Waals surface area contributed by atoms with E-state index in [9.17, 15) is 0 Å². The minimum Gasteiger partial charge on any atom is -0.332 e.